The fourth-order valence-electron chi connectivity index (χ4n) is 1.57. The maximum Gasteiger partial charge on any atom is 0.246 e. The van der Waals surface area contributed by atoms with Crippen molar-refractivity contribution in [3.05, 3.63) is 29.8 Å². The Morgan fingerprint density at radius 2 is 1.61 bits per heavy atom. The van der Waals surface area contributed by atoms with Gasteiger partial charge in [-0.3, -0.25) is 9.59 Å². The van der Waals surface area contributed by atoms with E-state index in [-0.39, 0.29) is 11.8 Å². The standard InChI is InChI=1S/C14H20N2O2/c1-9(2)12-5-7-13(8-6-12)16-14(18)10(3)15-11(4)17/h5-10H,1-4H3,(H,15,17)(H,16,18)/t10-/m1/s1. The molecule has 0 spiro atoms. The molecule has 1 atom stereocenters. The third-order valence-electron chi connectivity index (χ3n) is 2.66. The molecule has 0 aromatic heterocycles. The third kappa shape index (κ3) is 4.20. The number of anilines is 1. The molecule has 0 fully saturated rings. The number of rotatable bonds is 4. The molecule has 0 aliphatic heterocycles. The van der Waals surface area contributed by atoms with E-state index in [1.807, 2.05) is 24.3 Å². The van der Waals surface area contributed by atoms with Crippen LogP contribution in [-0.2, 0) is 9.59 Å². The van der Waals surface area contributed by atoms with Crippen LogP contribution in [0.15, 0.2) is 24.3 Å². The minimum absolute atomic E-state index is 0.215. The average Bonchev–Trinajstić information content (AvgIpc) is 2.28. The summed E-state index contributed by atoms with van der Waals surface area (Å²) in [5.74, 6) is 0.0309. The summed E-state index contributed by atoms with van der Waals surface area (Å²) in [6, 6.07) is 7.18. The van der Waals surface area contributed by atoms with E-state index in [2.05, 4.69) is 24.5 Å². The predicted octanol–water partition coefficient (Wildman–Crippen LogP) is 2.27. The zero-order valence-corrected chi connectivity index (χ0v) is 11.3. The number of carbonyl (C=O) groups excluding carboxylic acids is 2. The van der Waals surface area contributed by atoms with Crippen LogP contribution in [0.4, 0.5) is 5.69 Å². The lowest BCUT2D eigenvalue weighted by Gasteiger charge is -2.13. The highest BCUT2D eigenvalue weighted by molar-refractivity contribution is 5.96. The summed E-state index contributed by atoms with van der Waals surface area (Å²) in [5.41, 5.74) is 1.96. The Hall–Kier alpha value is -1.84. The van der Waals surface area contributed by atoms with Gasteiger partial charge < -0.3 is 10.6 Å². The van der Waals surface area contributed by atoms with E-state index < -0.39 is 6.04 Å². The minimum Gasteiger partial charge on any atom is -0.345 e. The van der Waals surface area contributed by atoms with Crippen LogP contribution in [0, 0.1) is 0 Å². The van der Waals surface area contributed by atoms with Gasteiger partial charge in [0.15, 0.2) is 0 Å². The smallest absolute Gasteiger partial charge is 0.246 e. The van der Waals surface area contributed by atoms with E-state index in [0.29, 0.717) is 5.92 Å². The molecule has 0 aliphatic carbocycles. The monoisotopic (exact) mass is 248 g/mol. The molecule has 4 nitrogen and oxygen atoms in total. The summed E-state index contributed by atoms with van der Waals surface area (Å²) in [5, 5.41) is 5.30. The van der Waals surface area contributed by atoms with Crippen molar-refractivity contribution in [2.45, 2.75) is 39.7 Å². The van der Waals surface area contributed by atoms with E-state index >= 15 is 0 Å². The van der Waals surface area contributed by atoms with Crippen LogP contribution in [0.25, 0.3) is 0 Å². The van der Waals surface area contributed by atoms with Gasteiger partial charge in [-0.25, -0.2) is 0 Å². The maximum atomic E-state index is 11.7. The van der Waals surface area contributed by atoms with Gasteiger partial charge >= 0.3 is 0 Å². The molecule has 0 aliphatic rings. The topological polar surface area (TPSA) is 58.2 Å². The minimum atomic E-state index is -0.535. The van der Waals surface area contributed by atoms with Gasteiger partial charge in [0.25, 0.3) is 0 Å². The third-order valence-corrected chi connectivity index (χ3v) is 2.66. The van der Waals surface area contributed by atoms with Crippen molar-refractivity contribution in [3.63, 3.8) is 0 Å². The van der Waals surface area contributed by atoms with Crippen LogP contribution in [-0.4, -0.2) is 17.9 Å². The van der Waals surface area contributed by atoms with Crippen molar-refractivity contribution in [2.75, 3.05) is 5.32 Å². The number of hydrogen-bond donors (Lipinski definition) is 2. The normalized spacial score (nSPS) is 12.1. The van der Waals surface area contributed by atoms with E-state index in [1.54, 1.807) is 6.92 Å². The van der Waals surface area contributed by atoms with Gasteiger partial charge in [0.2, 0.25) is 11.8 Å². The molecular formula is C14H20N2O2. The lowest BCUT2D eigenvalue weighted by molar-refractivity contribution is -0.124. The summed E-state index contributed by atoms with van der Waals surface area (Å²) in [6.07, 6.45) is 0. The van der Waals surface area contributed by atoms with Gasteiger partial charge in [0, 0.05) is 12.6 Å². The average molecular weight is 248 g/mol. The molecule has 2 amide bonds. The molecule has 4 heteroatoms. The fraction of sp³-hybridized carbons (Fsp3) is 0.429. The predicted molar refractivity (Wildman–Crippen MR) is 72.4 cm³/mol. The second-order valence-corrected chi connectivity index (χ2v) is 4.69. The zero-order chi connectivity index (χ0) is 13.7. The van der Waals surface area contributed by atoms with Crippen LogP contribution in [0.1, 0.15) is 39.2 Å². The summed E-state index contributed by atoms with van der Waals surface area (Å²) < 4.78 is 0. The number of carbonyl (C=O) groups is 2. The molecule has 0 radical (unpaired) electrons. The maximum absolute atomic E-state index is 11.7. The van der Waals surface area contributed by atoms with Gasteiger partial charge in [0.1, 0.15) is 6.04 Å². The Labute approximate surface area is 108 Å². The van der Waals surface area contributed by atoms with Gasteiger partial charge in [-0.2, -0.15) is 0 Å². The van der Waals surface area contributed by atoms with Gasteiger partial charge in [-0.1, -0.05) is 26.0 Å². The molecule has 1 rings (SSSR count). The zero-order valence-electron chi connectivity index (χ0n) is 11.3. The van der Waals surface area contributed by atoms with Crippen molar-refractivity contribution in [1.29, 1.82) is 0 Å². The molecule has 0 unspecified atom stereocenters. The Morgan fingerprint density at radius 3 is 2.06 bits per heavy atom. The van der Waals surface area contributed by atoms with E-state index in [4.69, 9.17) is 0 Å². The first-order chi connectivity index (χ1) is 8.40. The van der Waals surface area contributed by atoms with E-state index in [0.717, 1.165) is 5.69 Å². The highest BCUT2D eigenvalue weighted by Crippen LogP contribution is 2.17. The summed E-state index contributed by atoms with van der Waals surface area (Å²) in [6.45, 7) is 7.28. The van der Waals surface area contributed by atoms with Crippen molar-refractivity contribution < 1.29 is 9.59 Å². The molecule has 1 aromatic rings. The Morgan fingerprint density at radius 1 is 1.06 bits per heavy atom. The number of amides is 2. The van der Waals surface area contributed by atoms with Crippen molar-refractivity contribution >= 4 is 17.5 Å². The van der Waals surface area contributed by atoms with Crippen LogP contribution in [0.5, 0.6) is 0 Å². The molecule has 0 saturated heterocycles. The van der Waals surface area contributed by atoms with Crippen molar-refractivity contribution in [2.24, 2.45) is 0 Å². The molecule has 18 heavy (non-hydrogen) atoms. The fourth-order valence-corrected chi connectivity index (χ4v) is 1.57. The SMILES string of the molecule is CC(=O)N[C@H](C)C(=O)Nc1ccc(C(C)C)cc1. The largest absolute Gasteiger partial charge is 0.345 e. The number of nitrogens with one attached hydrogen (secondary N) is 2. The van der Waals surface area contributed by atoms with Gasteiger partial charge in [-0.15, -0.1) is 0 Å². The second-order valence-electron chi connectivity index (χ2n) is 4.69. The lowest BCUT2D eigenvalue weighted by Crippen LogP contribution is -2.40. The van der Waals surface area contributed by atoms with Gasteiger partial charge in [0.05, 0.1) is 0 Å². The molecule has 0 bridgehead atoms. The van der Waals surface area contributed by atoms with Crippen molar-refractivity contribution in [1.82, 2.24) is 5.32 Å². The van der Waals surface area contributed by atoms with Crippen LogP contribution >= 0.6 is 0 Å². The second kappa shape index (κ2) is 6.19. The van der Waals surface area contributed by atoms with E-state index in [1.165, 1.54) is 12.5 Å². The molecule has 0 heterocycles. The molecule has 2 N–H and O–H groups in total. The Kier molecular flexibility index (Phi) is 4.89. The lowest BCUT2D eigenvalue weighted by atomic mass is 10.0. The number of hydrogen-bond acceptors (Lipinski definition) is 2. The van der Waals surface area contributed by atoms with Crippen molar-refractivity contribution in [3.8, 4) is 0 Å². The van der Waals surface area contributed by atoms with Crippen LogP contribution < -0.4 is 10.6 Å². The molecular weight excluding hydrogens is 228 g/mol. The quantitative estimate of drug-likeness (QED) is 0.858. The molecule has 0 saturated carbocycles. The first-order valence-corrected chi connectivity index (χ1v) is 6.08. The Balaban J connectivity index is 2.62. The van der Waals surface area contributed by atoms with Gasteiger partial charge in [-0.05, 0) is 30.5 Å². The highest BCUT2D eigenvalue weighted by Gasteiger charge is 2.13. The number of benzene rings is 1. The summed E-state index contributed by atoms with van der Waals surface area (Å²) >= 11 is 0. The Bertz CT molecular complexity index is 424. The van der Waals surface area contributed by atoms with Crippen LogP contribution in [0.2, 0.25) is 0 Å². The van der Waals surface area contributed by atoms with Crippen LogP contribution in [0.3, 0.4) is 0 Å². The molecule has 98 valence electrons. The summed E-state index contributed by atoms with van der Waals surface area (Å²) in [7, 11) is 0. The van der Waals surface area contributed by atoms with E-state index in [9.17, 15) is 9.59 Å². The highest BCUT2D eigenvalue weighted by atomic mass is 16.2. The molecule has 1 aromatic carbocycles. The first kappa shape index (κ1) is 14.2. The summed E-state index contributed by atoms with van der Waals surface area (Å²) in [4.78, 5) is 22.6. The first-order valence-electron chi connectivity index (χ1n) is 6.08.